The van der Waals surface area contributed by atoms with Crippen LogP contribution < -0.4 is 5.32 Å². The predicted octanol–water partition coefficient (Wildman–Crippen LogP) is 6.11. The number of rotatable bonds is 2. The summed E-state index contributed by atoms with van der Waals surface area (Å²) in [5.41, 5.74) is 3.65. The Balaban J connectivity index is 1.70. The molecule has 1 aliphatic heterocycles. The van der Waals surface area contributed by atoms with Crippen molar-refractivity contribution in [3.05, 3.63) is 88.5 Å². The molecule has 5 rings (SSSR count). The molecule has 0 amide bonds. The molecule has 0 saturated heterocycles. The van der Waals surface area contributed by atoms with Crippen LogP contribution in [0.15, 0.2) is 66.7 Å². The number of hydrogen-bond acceptors (Lipinski definition) is 3. The molecule has 1 heterocycles. The number of nitrogens with one attached hydrogen (secondary N) is 1. The summed E-state index contributed by atoms with van der Waals surface area (Å²) in [6.45, 7) is 0. The van der Waals surface area contributed by atoms with E-state index in [0.717, 1.165) is 17.7 Å². The second-order valence-corrected chi connectivity index (χ2v) is 7.83. The van der Waals surface area contributed by atoms with E-state index < -0.39 is 0 Å². The van der Waals surface area contributed by atoms with E-state index in [9.17, 15) is 4.79 Å². The molecule has 2 aliphatic rings. The molecule has 3 aromatic carbocycles. The molecule has 3 nitrogen and oxygen atoms in total. The topological polar surface area (TPSA) is 38.3 Å². The van der Waals surface area contributed by atoms with Gasteiger partial charge in [0.2, 0.25) is 0 Å². The zero-order valence-electron chi connectivity index (χ0n) is 15.5. The van der Waals surface area contributed by atoms with Crippen molar-refractivity contribution in [3.63, 3.8) is 0 Å². The van der Waals surface area contributed by atoms with Crippen LogP contribution in [0.2, 0.25) is 5.02 Å². The first-order valence-corrected chi connectivity index (χ1v) is 9.88. The maximum Gasteiger partial charge on any atom is 0.338 e. The van der Waals surface area contributed by atoms with Gasteiger partial charge >= 0.3 is 5.97 Å². The summed E-state index contributed by atoms with van der Waals surface area (Å²) in [7, 11) is 1.42. The first-order chi connectivity index (χ1) is 13.7. The van der Waals surface area contributed by atoms with Gasteiger partial charge < -0.3 is 10.1 Å². The first kappa shape index (κ1) is 17.3. The number of halogens is 1. The molecular formula is C24H20ClNO2. The van der Waals surface area contributed by atoms with E-state index in [0.29, 0.717) is 16.5 Å². The fourth-order valence-corrected chi connectivity index (χ4v) is 5.01. The van der Waals surface area contributed by atoms with Gasteiger partial charge in [-0.05, 0) is 46.4 Å². The Hall–Kier alpha value is -2.78. The Morgan fingerprint density at radius 3 is 2.79 bits per heavy atom. The fraction of sp³-hybridized carbons (Fsp3) is 0.208. The molecular weight excluding hydrogens is 370 g/mol. The van der Waals surface area contributed by atoms with Crippen LogP contribution in [0.25, 0.3) is 10.8 Å². The van der Waals surface area contributed by atoms with Gasteiger partial charge in [0.1, 0.15) is 0 Å². The van der Waals surface area contributed by atoms with Gasteiger partial charge in [-0.1, -0.05) is 66.2 Å². The molecule has 3 aromatic rings. The molecule has 3 atom stereocenters. The summed E-state index contributed by atoms with van der Waals surface area (Å²) < 4.78 is 5.03. The van der Waals surface area contributed by atoms with Crippen molar-refractivity contribution in [2.75, 3.05) is 12.4 Å². The lowest BCUT2D eigenvalue weighted by Crippen LogP contribution is -2.31. The molecule has 0 fully saturated rings. The van der Waals surface area contributed by atoms with E-state index in [1.54, 1.807) is 12.1 Å². The van der Waals surface area contributed by atoms with Crippen LogP contribution in [0.5, 0.6) is 0 Å². The number of fused-ring (bicyclic) bond motifs is 4. The Kier molecular flexibility index (Phi) is 4.13. The summed E-state index contributed by atoms with van der Waals surface area (Å²) in [5, 5.41) is 6.79. The maximum atomic E-state index is 12.4. The van der Waals surface area contributed by atoms with Gasteiger partial charge in [0.05, 0.1) is 29.4 Å². The van der Waals surface area contributed by atoms with Gasteiger partial charge in [0.15, 0.2) is 0 Å². The first-order valence-electron chi connectivity index (χ1n) is 9.50. The normalized spacial score (nSPS) is 22.4. The number of esters is 1. The van der Waals surface area contributed by atoms with Crippen molar-refractivity contribution in [1.29, 1.82) is 0 Å². The number of hydrogen-bond donors (Lipinski definition) is 1. The standard InChI is InChI=1S/C24H20ClNO2/c1-28-24(27)19-12-13-20(25)23-21(19)16-9-5-11-18(16)22(26-23)17-10-4-7-14-6-2-3-8-15(14)17/h2-10,12-13,16,18,22,26H,11H2,1H3/t16-,18+,22-/m1/s1. The van der Waals surface area contributed by atoms with Crippen LogP contribution in [0.3, 0.4) is 0 Å². The lowest BCUT2D eigenvalue weighted by molar-refractivity contribution is 0.0598. The van der Waals surface area contributed by atoms with E-state index in [-0.39, 0.29) is 17.9 Å². The highest BCUT2D eigenvalue weighted by Gasteiger charge is 2.41. The Bertz CT molecular complexity index is 1120. The SMILES string of the molecule is COC(=O)c1ccc(Cl)c2c1[C@@H]1C=CC[C@@H]1[C@@H](c1cccc3ccccc13)N2. The Morgan fingerprint density at radius 2 is 1.93 bits per heavy atom. The number of methoxy groups -OCH3 is 1. The monoisotopic (exact) mass is 389 g/mol. The van der Waals surface area contributed by atoms with Crippen LogP contribution in [0.4, 0.5) is 5.69 Å². The molecule has 1 aliphatic carbocycles. The van der Waals surface area contributed by atoms with E-state index in [2.05, 4.69) is 59.9 Å². The Morgan fingerprint density at radius 1 is 1.11 bits per heavy atom. The minimum Gasteiger partial charge on any atom is -0.465 e. The van der Waals surface area contributed by atoms with Crippen LogP contribution in [0.1, 0.15) is 39.9 Å². The third kappa shape index (κ3) is 2.54. The van der Waals surface area contributed by atoms with Crippen molar-refractivity contribution < 1.29 is 9.53 Å². The van der Waals surface area contributed by atoms with Gasteiger partial charge in [-0.25, -0.2) is 4.79 Å². The van der Waals surface area contributed by atoms with Crippen molar-refractivity contribution in [1.82, 2.24) is 0 Å². The van der Waals surface area contributed by atoms with Gasteiger partial charge in [-0.3, -0.25) is 0 Å². The fourth-order valence-electron chi connectivity index (χ4n) is 4.79. The van der Waals surface area contributed by atoms with Gasteiger partial charge in [-0.2, -0.15) is 0 Å². The maximum absolute atomic E-state index is 12.4. The number of ether oxygens (including phenoxy) is 1. The van der Waals surface area contributed by atoms with Gasteiger partial charge in [-0.15, -0.1) is 0 Å². The van der Waals surface area contributed by atoms with Gasteiger partial charge in [0.25, 0.3) is 0 Å². The van der Waals surface area contributed by atoms with Crippen molar-refractivity contribution in [2.24, 2.45) is 5.92 Å². The third-order valence-electron chi connectivity index (χ3n) is 6.03. The molecule has 28 heavy (non-hydrogen) atoms. The van der Waals surface area contributed by atoms with Crippen LogP contribution in [-0.2, 0) is 4.74 Å². The minimum atomic E-state index is -0.322. The summed E-state index contributed by atoms with van der Waals surface area (Å²) in [4.78, 5) is 12.4. The van der Waals surface area contributed by atoms with Crippen molar-refractivity contribution >= 4 is 34.0 Å². The summed E-state index contributed by atoms with van der Waals surface area (Å²) in [5.74, 6) is 0.130. The summed E-state index contributed by atoms with van der Waals surface area (Å²) >= 11 is 6.58. The molecule has 0 radical (unpaired) electrons. The zero-order valence-corrected chi connectivity index (χ0v) is 16.2. The zero-order chi connectivity index (χ0) is 19.3. The molecule has 4 heteroatoms. The van der Waals surface area contributed by atoms with Crippen LogP contribution >= 0.6 is 11.6 Å². The highest BCUT2D eigenvalue weighted by molar-refractivity contribution is 6.33. The van der Waals surface area contributed by atoms with Crippen molar-refractivity contribution in [3.8, 4) is 0 Å². The largest absolute Gasteiger partial charge is 0.465 e. The number of allylic oxidation sites excluding steroid dienone is 2. The van der Waals surface area contributed by atoms with Crippen molar-refractivity contribution in [2.45, 2.75) is 18.4 Å². The summed E-state index contributed by atoms with van der Waals surface area (Å²) in [6, 6.07) is 18.6. The second-order valence-electron chi connectivity index (χ2n) is 7.42. The number of carbonyl (C=O) groups is 1. The highest BCUT2D eigenvalue weighted by Crippen LogP contribution is 2.53. The Labute approximate surface area is 169 Å². The smallest absolute Gasteiger partial charge is 0.338 e. The van der Waals surface area contributed by atoms with E-state index in [1.807, 2.05) is 0 Å². The predicted molar refractivity (Wildman–Crippen MR) is 113 cm³/mol. The third-order valence-corrected chi connectivity index (χ3v) is 6.35. The average molecular weight is 390 g/mol. The molecule has 0 unspecified atom stereocenters. The number of anilines is 1. The van der Waals surface area contributed by atoms with Crippen LogP contribution in [-0.4, -0.2) is 13.1 Å². The number of carbonyl (C=O) groups excluding carboxylic acids is 1. The van der Waals surface area contributed by atoms with Gasteiger partial charge in [0, 0.05) is 5.92 Å². The van der Waals surface area contributed by atoms with E-state index in [4.69, 9.17) is 16.3 Å². The minimum absolute atomic E-state index is 0.115. The molecule has 140 valence electrons. The molecule has 1 N–H and O–H groups in total. The highest BCUT2D eigenvalue weighted by atomic mass is 35.5. The molecule has 0 saturated carbocycles. The number of benzene rings is 3. The lowest BCUT2D eigenvalue weighted by Gasteiger charge is -2.39. The molecule has 0 spiro atoms. The quantitative estimate of drug-likeness (QED) is 0.424. The second kappa shape index (κ2) is 6.68. The van der Waals surface area contributed by atoms with Crippen LogP contribution in [0, 0.1) is 5.92 Å². The summed E-state index contributed by atoms with van der Waals surface area (Å²) in [6.07, 6.45) is 5.38. The average Bonchev–Trinajstić information content (AvgIpc) is 3.23. The molecule has 0 bridgehead atoms. The molecule has 0 aromatic heterocycles. The van der Waals surface area contributed by atoms with E-state index in [1.165, 1.54) is 23.4 Å². The lowest BCUT2D eigenvalue weighted by atomic mass is 9.74. The van der Waals surface area contributed by atoms with E-state index >= 15 is 0 Å².